The Morgan fingerprint density at radius 1 is 1.65 bits per heavy atom. The van der Waals surface area contributed by atoms with Crippen LogP contribution in [-0.2, 0) is 6.54 Å². The summed E-state index contributed by atoms with van der Waals surface area (Å²) in [5.41, 5.74) is 1.47. The lowest BCUT2D eigenvalue weighted by Gasteiger charge is -2.19. The second-order valence-corrected chi connectivity index (χ2v) is 5.61. The quantitative estimate of drug-likeness (QED) is 0.856. The van der Waals surface area contributed by atoms with Crippen molar-refractivity contribution in [2.75, 3.05) is 13.1 Å². The molecule has 1 aliphatic carbocycles. The number of nitrogens with zero attached hydrogens (tertiary/aromatic N) is 2. The molecule has 4 heteroatoms. The van der Waals surface area contributed by atoms with E-state index in [0.29, 0.717) is 11.2 Å². The second-order valence-electron chi connectivity index (χ2n) is 5.61. The van der Waals surface area contributed by atoms with E-state index in [1.165, 1.54) is 25.9 Å². The largest absolute Gasteiger partial charge is 0.311 e. The average molecular weight is 233 g/mol. The van der Waals surface area contributed by atoms with Gasteiger partial charge in [0.15, 0.2) is 0 Å². The van der Waals surface area contributed by atoms with Gasteiger partial charge in [0.05, 0.1) is 5.69 Å². The van der Waals surface area contributed by atoms with Crippen LogP contribution in [0.15, 0.2) is 10.9 Å². The molecule has 0 amide bonds. The number of H-pyrrole nitrogens is 1. The van der Waals surface area contributed by atoms with Gasteiger partial charge in [0.2, 0.25) is 0 Å². The van der Waals surface area contributed by atoms with Crippen LogP contribution in [0.25, 0.3) is 0 Å². The van der Waals surface area contributed by atoms with Crippen LogP contribution >= 0.6 is 0 Å². The molecule has 4 nitrogen and oxygen atoms in total. The van der Waals surface area contributed by atoms with Crippen molar-refractivity contribution >= 4 is 0 Å². The molecule has 2 fully saturated rings. The van der Waals surface area contributed by atoms with E-state index in [1.54, 1.807) is 6.07 Å². The van der Waals surface area contributed by atoms with Gasteiger partial charge in [-0.05, 0) is 31.1 Å². The highest BCUT2D eigenvalue weighted by molar-refractivity contribution is 5.11. The minimum Gasteiger partial charge on any atom is -0.311 e. The fraction of sp³-hybridized carbons (Fsp3) is 0.692. The van der Waals surface area contributed by atoms with Crippen LogP contribution in [0.4, 0.5) is 0 Å². The molecule has 3 rings (SSSR count). The van der Waals surface area contributed by atoms with Crippen molar-refractivity contribution in [3.05, 3.63) is 27.9 Å². The summed E-state index contributed by atoms with van der Waals surface area (Å²) in [6, 6.07) is 1.62. The first-order chi connectivity index (χ1) is 8.11. The zero-order valence-electron chi connectivity index (χ0n) is 10.5. The minimum absolute atomic E-state index is 0.0398. The molecule has 17 heavy (non-hydrogen) atoms. The van der Waals surface area contributed by atoms with Crippen molar-refractivity contribution in [2.24, 2.45) is 11.3 Å². The Hall–Kier alpha value is -1.16. The van der Waals surface area contributed by atoms with Crippen LogP contribution in [0.2, 0.25) is 0 Å². The number of hydrogen-bond acceptors (Lipinski definition) is 3. The second kappa shape index (κ2) is 3.67. The normalized spacial score (nSPS) is 31.5. The summed E-state index contributed by atoms with van der Waals surface area (Å²) in [5.74, 6) is 1.61. The fourth-order valence-corrected chi connectivity index (χ4v) is 3.32. The first kappa shape index (κ1) is 11.0. The third-order valence-electron chi connectivity index (χ3n) is 4.38. The number of fused-ring (bicyclic) bond motifs is 1. The van der Waals surface area contributed by atoms with Gasteiger partial charge in [0, 0.05) is 25.7 Å². The number of rotatable bonds is 3. The van der Waals surface area contributed by atoms with Crippen molar-refractivity contribution < 1.29 is 0 Å². The summed E-state index contributed by atoms with van der Waals surface area (Å²) < 4.78 is 0. The molecule has 2 aliphatic rings. The third-order valence-corrected chi connectivity index (χ3v) is 4.38. The highest BCUT2D eigenvalue weighted by Crippen LogP contribution is 2.59. The Morgan fingerprint density at radius 3 is 3.12 bits per heavy atom. The zero-order valence-corrected chi connectivity index (χ0v) is 10.5. The van der Waals surface area contributed by atoms with Crippen LogP contribution in [0.3, 0.4) is 0 Å². The van der Waals surface area contributed by atoms with Crippen molar-refractivity contribution in [2.45, 2.75) is 33.2 Å². The lowest BCUT2D eigenvalue weighted by atomic mass is 10.0. The molecule has 0 bridgehead atoms. The van der Waals surface area contributed by atoms with E-state index >= 15 is 0 Å². The average Bonchev–Trinajstić information content (AvgIpc) is 2.80. The smallest absolute Gasteiger partial charge is 0.251 e. The predicted octanol–water partition coefficient (Wildman–Crippen LogP) is 1.31. The van der Waals surface area contributed by atoms with Gasteiger partial charge in [-0.1, -0.05) is 6.92 Å². The van der Waals surface area contributed by atoms with Crippen LogP contribution in [0.1, 0.15) is 31.3 Å². The van der Waals surface area contributed by atoms with Gasteiger partial charge < -0.3 is 4.98 Å². The monoisotopic (exact) mass is 233 g/mol. The van der Waals surface area contributed by atoms with Gasteiger partial charge in [-0.15, -0.1) is 0 Å². The van der Waals surface area contributed by atoms with E-state index < -0.39 is 0 Å². The van der Waals surface area contributed by atoms with Gasteiger partial charge in [-0.3, -0.25) is 9.69 Å². The molecule has 0 aromatic carbocycles. The Morgan fingerprint density at radius 2 is 2.47 bits per heavy atom. The first-order valence-electron chi connectivity index (χ1n) is 6.40. The molecule has 2 heterocycles. The van der Waals surface area contributed by atoms with Gasteiger partial charge in [0.1, 0.15) is 5.82 Å². The molecule has 1 aliphatic heterocycles. The van der Waals surface area contributed by atoms with Crippen LogP contribution in [0, 0.1) is 18.3 Å². The van der Waals surface area contributed by atoms with E-state index in [9.17, 15) is 4.79 Å². The molecular weight excluding hydrogens is 214 g/mol. The fourth-order valence-electron chi connectivity index (χ4n) is 3.32. The predicted molar refractivity (Wildman–Crippen MR) is 65.7 cm³/mol. The molecule has 2 unspecified atom stereocenters. The van der Waals surface area contributed by atoms with E-state index in [0.717, 1.165) is 18.2 Å². The van der Waals surface area contributed by atoms with E-state index in [-0.39, 0.29) is 5.56 Å². The Kier molecular flexibility index (Phi) is 2.36. The Balaban J connectivity index is 1.70. The minimum atomic E-state index is -0.0398. The van der Waals surface area contributed by atoms with E-state index in [1.807, 2.05) is 6.92 Å². The van der Waals surface area contributed by atoms with Gasteiger partial charge in [-0.2, -0.15) is 0 Å². The topological polar surface area (TPSA) is 49.0 Å². The van der Waals surface area contributed by atoms with Crippen LogP contribution in [0.5, 0.6) is 0 Å². The van der Waals surface area contributed by atoms with Crippen molar-refractivity contribution in [1.82, 2.24) is 14.9 Å². The number of aromatic nitrogens is 2. The maximum Gasteiger partial charge on any atom is 0.251 e. The summed E-state index contributed by atoms with van der Waals surface area (Å²) in [5, 5.41) is 0. The van der Waals surface area contributed by atoms with Crippen molar-refractivity contribution in [1.29, 1.82) is 0 Å². The molecular formula is C13H19N3O. The highest BCUT2D eigenvalue weighted by atomic mass is 16.1. The summed E-state index contributed by atoms with van der Waals surface area (Å²) in [6.07, 6.45) is 2.69. The molecule has 1 saturated heterocycles. The standard InChI is InChI=1S/C13H19N3O/c1-3-13-5-10(13)6-16(8-13)7-11-4-12(17)15-9(2)14-11/h4,10H,3,5-8H2,1-2H3,(H,14,15,17). The summed E-state index contributed by atoms with van der Waals surface area (Å²) in [6.45, 7) is 7.31. The number of piperidine rings is 1. The third kappa shape index (κ3) is 1.90. The first-order valence-corrected chi connectivity index (χ1v) is 6.40. The van der Waals surface area contributed by atoms with E-state index in [4.69, 9.17) is 0 Å². The molecule has 1 aromatic heterocycles. The van der Waals surface area contributed by atoms with Crippen molar-refractivity contribution in [3.8, 4) is 0 Å². The van der Waals surface area contributed by atoms with Crippen LogP contribution in [-0.4, -0.2) is 28.0 Å². The summed E-state index contributed by atoms with van der Waals surface area (Å²) >= 11 is 0. The lowest BCUT2D eigenvalue weighted by Crippen LogP contribution is -2.26. The number of aryl methyl sites for hydroxylation is 1. The molecule has 0 radical (unpaired) electrons. The number of hydrogen-bond donors (Lipinski definition) is 1. The SMILES string of the molecule is CCC12CC1CN(Cc1cc(=O)[nH]c(C)n1)C2. The zero-order chi connectivity index (χ0) is 12.0. The molecule has 1 saturated carbocycles. The summed E-state index contributed by atoms with van der Waals surface area (Å²) in [4.78, 5) is 20.9. The molecule has 92 valence electrons. The Bertz CT molecular complexity index is 492. The van der Waals surface area contributed by atoms with Gasteiger partial charge >= 0.3 is 0 Å². The van der Waals surface area contributed by atoms with Crippen LogP contribution < -0.4 is 5.56 Å². The molecule has 1 N–H and O–H groups in total. The Labute approximate surface area is 101 Å². The molecule has 1 aromatic rings. The maximum absolute atomic E-state index is 11.4. The van der Waals surface area contributed by atoms with Gasteiger partial charge in [-0.25, -0.2) is 4.98 Å². The van der Waals surface area contributed by atoms with Gasteiger partial charge in [0.25, 0.3) is 5.56 Å². The lowest BCUT2D eigenvalue weighted by molar-refractivity contribution is 0.266. The van der Waals surface area contributed by atoms with E-state index in [2.05, 4.69) is 21.8 Å². The van der Waals surface area contributed by atoms with Crippen molar-refractivity contribution in [3.63, 3.8) is 0 Å². The molecule has 0 spiro atoms. The number of aromatic amines is 1. The number of nitrogens with one attached hydrogen (secondary N) is 1. The summed E-state index contributed by atoms with van der Waals surface area (Å²) in [7, 11) is 0. The highest BCUT2D eigenvalue weighted by Gasteiger charge is 2.57. The maximum atomic E-state index is 11.4. The molecule has 2 atom stereocenters. The number of likely N-dealkylation sites (tertiary alicyclic amines) is 1.